The highest BCUT2D eigenvalue weighted by Crippen LogP contribution is 2.02. The molecule has 0 aliphatic rings. The number of aromatic nitrogens is 1. The van der Waals surface area contributed by atoms with E-state index in [-0.39, 0.29) is 5.97 Å². The van der Waals surface area contributed by atoms with Gasteiger partial charge in [-0.2, -0.15) is 0 Å². The minimum Gasteiger partial charge on any atom is -0.464 e. The number of carbonyl (C=O) groups is 1. The summed E-state index contributed by atoms with van der Waals surface area (Å²) >= 11 is 0. The van der Waals surface area contributed by atoms with Gasteiger partial charge in [-0.05, 0) is 12.1 Å². The van der Waals surface area contributed by atoms with Crippen molar-refractivity contribution in [2.75, 3.05) is 13.7 Å². The number of carbonyl (C=O) groups excluding carboxylic acids is 1. The lowest BCUT2D eigenvalue weighted by Crippen LogP contribution is -2.14. The van der Waals surface area contributed by atoms with E-state index in [9.17, 15) is 4.79 Å². The first-order valence-electron chi connectivity index (χ1n) is 4.68. The average Bonchev–Trinajstić information content (AvgIpc) is 2.72. The third kappa shape index (κ3) is 3.49. The highest BCUT2D eigenvalue weighted by molar-refractivity contribution is 5.87. The highest BCUT2D eigenvalue weighted by atomic mass is 16.5. The fraction of sp³-hybridized carbons (Fsp3) is 0.364. The Morgan fingerprint density at radius 1 is 1.67 bits per heavy atom. The predicted molar refractivity (Wildman–Crippen MR) is 57.3 cm³/mol. The van der Waals surface area contributed by atoms with Crippen molar-refractivity contribution in [3.05, 3.63) is 23.5 Å². The summed E-state index contributed by atoms with van der Waals surface area (Å²) in [6, 6.07) is 3.54. The topological polar surface area (TPSA) is 54.1 Å². The van der Waals surface area contributed by atoms with E-state index in [0.29, 0.717) is 18.7 Å². The molecule has 1 rings (SSSR count). The van der Waals surface area contributed by atoms with Crippen molar-refractivity contribution in [1.82, 2.24) is 10.3 Å². The van der Waals surface area contributed by atoms with Crippen molar-refractivity contribution >= 4 is 5.97 Å². The Morgan fingerprint density at radius 3 is 3.13 bits per heavy atom. The van der Waals surface area contributed by atoms with Crippen LogP contribution in [0.25, 0.3) is 0 Å². The molecule has 0 saturated heterocycles. The van der Waals surface area contributed by atoms with Gasteiger partial charge in [0.05, 0.1) is 7.11 Å². The molecule has 0 fully saturated rings. The van der Waals surface area contributed by atoms with Crippen molar-refractivity contribution in [1.29, 1.82) is 0 Å². The SMILES string of the molecule is C#CCCNCc1ccc(C(=O)OC)[nH]1. The standard InChI is InChI=1S/C11H14N2O2/c1-3-4-7-12-8-9-5-6-10(13-9)11(14)15-2/h1,5-6,12-13H,4,7-8H2,2H3. The van der Waals surface area contributed by atoms with Crippen LogP contribution in [0.1, 0.15) is 22.6 Å². The fourth-order valence-electron chi connectivity index (χ4n) is 1.16. The Labute approximate surface area is 89.0 Å². The first-order chi connectivity index (χ1) is 7.27. The summed E-state index contributed by atoms with van der Waals surface area (Å²) in [5.41, 5.74) is 1.40. The Bertz CT molecular complexity index is 363. The molecule has 0 aliphatic carbocycles. The minimum absolute atomic E-state index is 0.357. The Balaban J connectivity index is 2.40. The second-order valence-electron chi connectivity index (χ2n) is 3.02. The zero-order valence-electron chi connectivity index (χ0n) is 8.67. The molecule has 0 saturated carbocycles. The van der Waals surface area contributed by atoms with Crippen LogP contribution >= 0.6 is 0 Å². The Hall–Kier alpha value is -1.73. The summed E-state index contributed by atoms with van der Waals surface area (Å²) in [5, 5.41) is 3.15. The molecule has 1 aromatic heterocycles. The van der Waals surface area contributed by atoms with Crippen LogP contribution in [0.15, 0.2) is 12.1 Å². The maximum Gasteiger partial charge on any atom is 0.354 e. The maximum atomic E-state index is 11.1. The van der Waals surface area contributed by atoms with Crippen LogP contribution in [-0.4, -0.2) is 24.6 Å². The summed E-state index contributed by atoms with van der Waals surface area (Å²) in [7, 11) is 1.36. The van der Waals surface area contributed by atoms with Gasteiger partial charge in [-0.25, -0.2) is 4.79 Å². The largest absolute Gasteiger partial charge is 0.464 e. The number of methoxy groups -OCH3 is 1. The van der Waals surface area contributed by atoms with E-state index >= 15 is 0 Å². The molecule has 4 heteroatoms. The van der Waals surface area contributed by atoms with Crippen LogP contribution in [0.3, 0.4) is 0 Å². The number of aromatic amines is 1. The second kappa shape index (κ2) is 5.89. The van der Waals surface area contributed by atoms with Gasteiger partial charge in [0.2, 0.25) is 0 Å². The van der Waals surface area contributed by atoms with Crippen LogP contribution < -0.4 is 5.32 Å². The van der Waals surface area contributed by atoms with E-state index in [0.717, 1.165) is 12.2 Å². The number of terminal acetylenes is 1. The Kier molecular flexibility index (Phi) is 4.45. The quantitative estimate of drug-likeness (QED) is 0.428. The molecule has 80 valence electrons. The molecular formula is C11H14N2O2. The van der Waals surface area contributed by atoms with Gasteiger partial charge in [0.15, 0.2) is 0 Å². The van der Waals surface area contributed by atoms with Crippen LogP contribution in [0.5, 0.6) is 0 Å². The number of hydrogen-bond donors (Lipinski definition) is 2. The third-order valence-corrected chi connectivity index (χ3v) is 1.91. The summed E-state index contributed by atoms with van der Waals surface area (Å²) < 4.78 is 4.58. The maximum absolute atomic E-state index is 11.1. The number of H-pyrrole nitrogens is 1. The van der Waals surface area contributed by atoms with Crippen LogP contribution in [0, 0.1) is 12.3 Å². The Morgan fingerprint density at radius 2 is 2.47 bits per heavy atom. The van der Waals surface area contributed by atoms with Crippen LogP contribution in [0.2, 0.25) is 0 Å². The molecule has 1 aromatic rings. The molecule has 0 unspecified atom stereocenters. The molecule has 0 bridgehead atoms. The number of ether oxygens (including phenoxy) is 1. The zero-order chi connectivity index (χ0) is 11.1. The first-order valence-corrected chi connectivity index (χ1v) is 4.68. The number of rotatable bonds is 5. The number of hydrogen-bond acceptors (Lipinski definition) is 3. The van der Waals surface area contributed by atoms with Crippen LogP contribution in [-0.2, 0) is 11.3 Å². The van der Waals surface area contributed by atoms with Gasteiger partial charge in [-0.15, -0.1) is 12.3 Å². The van der Waals surface area contributed by atoms with Crippen molar-refractivity contribution in [3.63, 3.8) is 0 Å². The van der Waals surface area contributed by atoms with Gasteiger partial charge in [-0.3, -0.25) is 0 Å². The lowest BCUT2D eigenvalue weighted by molar-refractivity contribution is 0.0594. The molecule has 2 N–H and O–H groups in total. The van der Waals surface area contributed by atoms with E-state index in [4.69, 9.17) is 6.42 Å². The number of nitrogens with one attached hydrogen (secondary N) is 2. The van der Waals surface area contributed by atoms with Gasteiger partial charge in [-0.1, -0.05) is 0 Å². The summed E-state index contributed by atoms with van der Waals surface area (Å²) in [4.78, 5) is 14.1. The second-order valence-corrected chi connectivity index (χ2v) is 3.02. The van der Waals surface area contributed by atoms with Gasteiger partial charge in [0.1, 0.15) is 5.69 Å². The van der Waals surface area contributed by atoms with Crippen molar-refractivity contribution in [3.8, 4) is 12.3 Å². The molecule has 0 aromatic carbocycles. The van der Waals surface area contributed by atoms with E-state index < -0.39 is 0 Å². The predicted octanol–water partition coefficient (Wildman–Crippen LogP) is 0.914. The monoisotopic (exact) mass is 206 g/mol. The molecule has 1 heterocycles. The molecule has 15 heavy (non-hydrogen) atoms. The molecule has 0 spiro atoms. The van der Waals surface area contributed by atoms with Gasteiger partial charge in [0.25, 0.3) is 0 Å². The van der Waals surface area contributed by atoms with Crippen molar-refractivity contribution in [2.24, 2.45) is 0 Å². The summed E-state index contributed by atoms with van der Waals surface area (Å²) in [6.07, 6.45) is 5.81. The van der Waals surface area contributed by atoms with E-state index in [2.05, 4.69) is 21.0 Å². The lowest BCUT2D eigenvalue weighted by atomic mass is 10.4. The van der Waals surface area contributed by atoms with Gasteiger partial charge in [0, 0.05) is 25.2 Å². The molecular weight excluding hydrogens is 192 g/mol. The minimum atomic E-state index is -0.357. The summed E-state index contributed by atoms with van der Waals surface area (Å²) in [6.45, 7) is 1.43. The molecule has 0 amide bonds. The van der Waals surface area contributed by atoms with E-state index in [1.54, 1.807) is 6.07 Å². The molecule has 0 aliphatic heterocycles. The average molecular weight is 206 g/mol. The summed E-state index contributed by atoms with van der Waals surface area (Å²) in [5.74, 6) is 2.18. The fourth-order valence-corrected chi connectivity index (χ4v) is 1.16. The molecule has 0 atom stereocenters. The zero-order valence-corrected chi connectivity index (χ0v) is 8.67. The number of esters is 1. The molecule has 0 radical (unpaired) electrons. The van der Waals surface area contributed by atoms with Gasteiger partial charge < -0.3 is 15.0 Å². The highest BCUT2D eigenvalue weighted by Gasteiger charge is 2.06. The van der Waals surface area contributed by atoms with Gasteiger partial charge >= 0.3 is 5.97 Å². The smallest absolute Gasteiger partial charge is 0.354 e. The normalized spacial score (nSPS) is 9.60. The van der Waals surface area contributed by atoms with Crippen molar-refractivity contribution in [2.45, 2.75) is 13.0 Å². The van der Waals surface area contributed by atoms with Crippen LogP contribution in [0.4, 0.5) is 0 Å². The first kappa shape index (κ1) is 11.3. The van der Waals surface area contributed by atoms with E-state index in [1.807, 2.05) is 6.07 Å². The molecule has 4 nitrogen and oxygen atoms in total. The lowest BCUT2D eigenvalue weighted by Gasteiger charge is -1.99. The van der Waals surface area contributed by atoms with Crippen molar-refractivity contribution < 1.29 is 9.53 Å². The third-order valence-electron chi connectivity index (χ3n) is 1.91. The van der Waals surface area contributed by atoms with E-state index in [1.165, 1.54) is 7.11 Å².